The summed E-state index contributed by atoms with van der Waals surface area (Å²) in [5, 5.41) is 0.660. The first-order valence-electron chi connectivity index (χ1n) is 8.76. The quantitative estimate of drug-likeness (QED) is 0.672. The van der Waals surface area contributed by atoms with Crippen LogP contribution in [-0.2, 0) is 9.53 Å². The molecule has 2 aromatic carbocycles. The summed E-state index contributed by atoms with van der Waals surface area (Å²) >= 11 is 0. The molecule has 1 atom stereocenters. The van der Waals surface area contributed by atoms with Gasteiger partial charge in [-0.05, 0) is 31.5 Å². The van der Waals surface area contributed by atoms with Crippen molar-refractivity contribution < 1.29 is 9.53 Å². The summed E-state index contributed by atoms with van der Waals surface area (Å²) in [6, 6.07) is 15.2. The van der Waals surface area contributed by atoms with E-state index in [2.05, 4.69) is 0 Å². The summed E-state index contributed by atoms with van der Waals surface area (Å²) in [5.41, 5.74) is 0.802. The maximum Gasteiger partial charge on any atom is 0.338 e. The van der Waals surface area contributed by atoms with Crippen LogP contribution in [0.25, 0.3) is 16.5 Å². The lowest BCUT2D eigenvalue weighted by Crippen LogP contribution is -2.37. The number of carbonyl (C=O) groups excluding carboxylic acids is 1. The molecule has 1 aliphatic rings. The van der Waals surface area contributed by atoms with Crippen LogP contribution >= 0.6 is 0 Å². The highest BCUT2D eigenvalue weighted by molar-refractivity contribution is 5.97. The Balaban J connectivity index is 2.12. The fraction of sp³-hybridized carbons (Fsp3) is 0.190. The highest BCUT2D eigenvalue weighted by Crippen LogP contribution is 2.35. The molecule has 0 saturated carbocycles. The highest BCUT2D eigenvalue weighted by atomic mass is 16.5. The van der Waals surface area contributed by atoms with Gasteiger partial charge in [0.05, 0.1) is 28.6 Å². The number of nitrogens with zero attached hydrogens (tertiary/aromatic N) is 2. The van der Waals surface area contributed by atoms with Crippen LogP contribution in [0.3, 0.4) is 0 Å². The Kier molecular flexibility index (Phi) is 4.03. The predicted molar refractivity (Wildman–Crippen MR) is 103 cm³/mol. The number of esters is 1. The zero-order valence-electron chi connectivity index (χ0n) is 15.0. The molecule has 6 heteroatoms. The molecule has 27 heavy (non-hydrogen) atoms. The molecule has 1 aromatic heterocycles. The molecule has 1 aliphatic heterocycles. The van der Waals surface area contributed by atoms with Crippen LogP contribution in [-0.4, -0.2) is 21.9 Å². The van der Waals surface area contributed by atoms with Crippen molar-refractivity contribution in [2.75, 3.05) is 6.61 Å². The van der Waals surface area contributed by atoms with Crippen LogP contribution in [0.15, 0.2) is 69.8 Å². The fourth-order valence-electron chi connectivity index (χ4n) is 3.67. The van der Waals surface area contributed by atoms with Crippen molar-refractivity contribution in [2.45, 2.75) is 19.9 Å². The molecular formula is C21H18N2O4. The lowest BCUT2D eigenvalue weighted by atomic mass is 9.98. The summed E-state index contributed by atoms with van der Waals surface area (Å²) in [5.74, 6) is -0.525. The third-order valence-electron chi connectivity index (χ3n) is 4.84. The molecule has 0 saturated heterocycles. The molecule has 3 aromatic rings. The molecule has 2 heterocycles. The average molecular weight is 362 g/mol. The van der Waals surface area contributed by atoms with Crippen LogP contribution in [0.2, 0.25) is 0 Å². The number of ether oxygens (including phenoxy) is 1. The van der Waals surface area contributed by atoms with Gasteiger partial charge in [0.1, 0.15) is 6.04 Å². The predicted octanol–water partition coefficient (Wildman–Crippen LogP) is 2.56. The number of benzene rings is 2. The Morgan fingerprint density at radius 3 is 2.19 bits per heavy atom. The van der Waals surface area contributed by atoms with Crippen LogP contribution in [0, 0.1) is 0 Å². The molecule has 0 fully saturated rings. The summed E-state index contributed by atoms with van der Waals surface area (Å²) in [6.07, 6.45) is 0. The van der Waals surface area contributed by atoms with Gasteiger partial charge in [-0.2, -0.15) is 0 Å². The van der Waals surface area contributed by atoms with Gasteiger partial charge in [-0.25, -0.2) is 14.2 Å². The smallest absolute Gasteiger partial charge is 0.338 e. The largest absolute Gasteiger partial charge is 0.463 e. The summed E-state index contributed by atoms with van der Waals surface area (Å²) in [7, 11) is 0. The third-order valence-corrected chi connectivity index (χ3v) is 4.84. The van der Waals surface area contributed by atoms with Crippen molar-refractivity contribution >= 4 is 22.4 Å². The van der Waals surface area contributed by atoms with Crippen molar-refractivity contribution in [1.29, 1.82) is 0 Å². The minimum absolute atomic E-state index is 0.208. The second kappa shape index (κ2) is 6.39. The Hall–Kier alpha value is -3.41. The van der Waals surface area contributed by atoms with Crippen LogP contribution in [0.1, 0.15) is 25.5 Å². The van der Waals surface area contributed by atoms with E-state index < -0.39 is 12.0 Å². The molecule has 0 bridgehead atoms. The molecule has 0 amide bonds. The Morgan fingerprint density at radius 2 is 1.56 bits per heavy atom. The Bertz CT molecular complexity index is 1200. The number of aromatic nitrogens is 2. The summed E-state index contributed by atoms with van der Waals surface area (Å²) in [6.45, 7) is 3.60. The van der Waals surface area contributed by atoms with Crippen molar-refractivity contribution in [3.8, 4) is 0 Å². The van der Waals surface area contributed by atoms with E-state index in [0.29, 0.717) is 22.0 Å². The summed E-state index contributed by atoms with van der Waals surface area (Å²) in [4.78, 5) is 39.1. The van der Waals surface area contributed by atoms with Gasteiger partial charge in [-0.1, -0.05) is 42.5 Å². The third kappa shape index (κ3) is 2.44. The minimum atomic E-state index is -0.713. The number of fused-ring (bicyclic) bond motifs is 2. The van der Waals surface area contributed by atoms with E-state index in [1.54, 1.807) is 38.1 Å². The van der Waals surface area contributed by atoms with E-state index in [9.17, 15) is 14.4 Å². The van der Waals surface area contributed by atoms with Crippen LogP contribution in [0.5, 0.6) is 0 Å². The topological polar surface area (TPSA) is 70.3 Å². The first-order chi connectivity index (χ1) is 13.1. The molecule has 0 radical (unpaired) electrons. The summed E-state index contributed by atoms with van der Waals surface area (Å²) < 4.78 is 7.89. The maximum absolute atomic E-state index is 13.3. The normalized spacial score (nSPS) is 15.9. The van der Waals surface area contributed by atoms with Gasteiger partial charge in [0.15, 0.2) is 0 Å². The van der Waals surface area contributed by atoms with Gasteiger partial charge >= 0.3 is 5.97 Å². The fourth-order valence-corrected chi connectivity index (χ4v) is 3.67. The van der Waals surface area contributed by atoms with E-state index in [0.717, 1.165) is 5.56 Å². The van der Waals surface area contributed by atoms with Gasteiger partial charge in [-0.15, -0.1) is 0 Å². The number of hydrogen-bond acceptors (Lipinski definition) is 4. The van der Waals surface area contributed by atoms with E-state index in [1.165, 1.54) is 9.36 Å². The van der Waals surface area contributed by atoms with E-state index in [1.807, 2.05) is 30.3 Å². The lowest BCUT2D eigenvalue weighted by molar-refractivity contribution is -0.138. The van der Waals surface area contributed by atoms with E-state index in [4.69, 9.17) is 4.74 Å². The monoisotopic (exact) mass is 362 g/mol. The Morgan fingerprint density at radius 1 is 0.963 bits per heavy atom. The van der Waals surface area contributed by atoms with Crippen molar-refractivity contribution in [3.63, 3.8) is 0 Å². The molecule has 4 rings (SSSR count). The molecule has 136 valence electrons. The second-order valence-electron chi connectivity index (χ2n) is 6.35. The molecule has 0 N–H and O–H groups in total. The number of hydrogen-bond donors (Lipinski definition) is 0. The van der Waals surface area contributed by atoms with Crippen molar-refractivity contribution in [1.82, 2.24) is 9.36 Å². The minimum Gasteiger partial charge on any atom is -0.463 e. The highest BCUT2D eigenvalue weighted by Gasteiger charge is 2.37. The molecular weight excluding hydrogens is 344 g/mol. The van der Waals surface area contributed by atoms with Gasteiger partial charge in [0, 0.05) is 0 Å². The molecule has 1 unspecified atom stereocenters. The van der Waals surface area contributed by atoms with E-state index >= 15 is 0 Å². The average Bonchev–Trinajstić information content (AvgIpc) is 3.00. The second-order valence-corrected chi connectivity index (χ2v) is 6.35. The van der Waals surface area contributed by atoms with Crippen LogP contribution < -0.4 is 11.1 Å². The lowest BCUT2D eigenvalue weighted by Gasteiger charge is -2.18. The van der Waals surface area contributed by atoms with Gasteiger partial charge in [0.2, 0.25) is 0 Å². The molecule has 0 aliphatic carbocycles. The van der Waals surface area contributed by atoms with Gasteiger partial charge < -0.3 is 4.74 Å². The van der Waals surface area contributed by atoms with Gasteiger partial charge in [0.25, 0.3) is 11.1 Å². The number of rotatable bonds is 3. The molecule has 0 spiro atoms. The zero-order chi connectivity index (χ0) is 19.1. The number of carbonyl (C=O) groups is 1. The maximum atomic E-state index is 13.3. The van der Waals surface area contributed by atoms with E-state index in [-0.39, 0.29) is 17.7 Å². The van der Waals surface area contributed by atoms with Crippen molar-refractivity contribution in [2.24, 2.45) is 0 Å². The standard InChI is InChI=1S/C21H18N2O4/c1-3-27-21(26)17-13(2)22-19(24)15-11-7-8-12-16(15)20(25)23(22)18(17)14-9-5-4-6-10-14/h4-12,18H,3H2,1-2H3. The SMILES string of the molecule is CCOC(=O)C1=C(C)n2c(=O)c3ccccc3c(=O)n2C1c1ccccc1. The van der Waals surface area contributed by atoms with Crippen LogP contribution in [0.4, 0.5) is 0 Å². The van der Waals surface area contributed by atoms with Crippen molar-refractivity contribution in [3.05, 3.63) is 86.4 Å². The van der Waals surface area contributed by atoms with Gasteiger partial charge in [-0.3, -0.25) is 9.59 Å². The molecule has 6 nitrogen and oxygen atoms in total. The first kappa shape index (κ1) is 17.0. The number of allylic oxidation sites excluding steroid dienone is 1. The zero-order valence-corrected chi connectivity index (χ0v) is 15.0. The first-order valence-corrected chi connectivity index (χ1v) is 8.76. The Labute approximate surface area is 154 Å².